The van der Waals surface area contributed by atoms with E-state index in [-0.39, 0.29) is 11.4 Å². The molecule has 0 amide bonds. The van der Waals surface area contributed by atoms with Gasteiger partial charge in [-0.15, -0.1) is 0 Å². The lowest BCUT2D eigenvalue weighted by atomic mass is 10.1. The van der Waals surface area contributed by atoms with Crippen LogP contribution in [0.2, 0.25) is 0 Å². The van der Waals surface area contributed by atoms with Crippen molar-refractivity contribution in [1.82, 2.24) is 0 Å². The molecule has 0 saturated heterocycles. The first-order chi connectivity index (χ1) is 10.8. The zero-order valence-corrected chi connectivity index (χ0v) is 13.6. The zero-order chi connectivity index (χ0) is 16.8. The van der Waals surface area contributed by atoms with Crippen molar-refractivity contribution in [3.63, 3.8) is 0 Å². The summed E-state index contributed by atoms with van der Waals surface area (Å²) in [4.78, 5) is 11.0. The van der Waals surface area contributed by atoms with Crippen molar-refractivity contribution < 1.29 is 13.3 Å². The van der Waals surface area contributed by atoms with Gasteiger partial charge in [0.1, 0.15) is 6.54 Å². The smallest absolute Gasteiger partial charge is 0.264 e. The van der Waals surface area contributed by atoms with E-state index in [9.17, 15) is 18.5 Å². The van der Waals surface area contributed by atoms with Gasteiger partial charge in [-0.2, -0.15) is 0 Å². The van der Waals surface area contributed by atoms with E-state index < -0.39 is 21.0 Å². The van der Waals surface area contributed by atoms with Gasteiger partial charge < -0.3 is 0 Å². The molecular formula is C16H16N2O4S. The lowest BCUT2D eigenvalue weighted by Gasteiger charge is -2.19. The molecule has 0 aromatic heterocycles. The largest absolute Gasteiger partial charge is 0.264 e. The number of hydrogen-bond donors (Lipinski definition) is 0. The van der Waals surface area contributed by atoms with E-state index in [0.717, 1.165) is 15.4 Å². The highest BCUT2D eigenvalue weighted by Crippen LogP contribution is 2.40. The number of anilines is 1. The number of sulfonamides is 1. The first-order valence-corrected chi connectivity index (χ1v) is 8.58. The minimum atomic E-state index is -3.82. The molecule has 3 rings (SSSR count). The molecular weight excluding hydrogens is 316 g/mol. The molecule has 1 unspecified atom stereocenters. The lowest BCUT2D eigenvalue weighted by molar-refractivity contribution is -0.524. The van der Waals surface area contributed by atoms with Crippen LogP contribution in [0, 0.1) is 24.0 Å². The molecule has 120 valence electrons. The van der Waals surface area contributed by atoms with Crippen molar-refractivity contribution in [1.29, 1.82) is 0 Å². The highest BCUT2D eigenvalue weighted by atomic mass is 32.2. The monoisotopic (exact) mass is 332 g/mol. The van der Waals surface area contributed by atoms with Gasteiger partial charge in [0.2, 0.25) is 0 Å². The number of fused-ring (bicyclic) bond motifs is 1. The molecule has 0 aliphatic carbocycles. The third kappa shape index (κ3) is 2.57. The molecule has 1 aliphatic heterocycles. The lowest BCUT2D eigenvalue weighted by Crippen LogP contribution is -2.31. The summed E-state index contributed by atoms with van der Waals surface area (Å²) < 4.78 is 26.9. The molecule has 6 nitrogen and oxygen atoms in total. The van der Waals surface area contributed by atoms with Gasteiger partial charge in [-0.25, -0.2) is 8.42 Å². The molecule has 0 fully saturated rings. The second-order valence-corrected chi connectivity index (χ2v) is 7.57. The van der Waals surface area contributed by atoms with Gasteiger partial charge in [-0.1, -0.05) is 29.3 Å². The van der Waals surface area contributed by atoms with E-state index in [2.05, 4.69) is 0 Å². The van der Waals surface area contributed by atoms with E-state index in [1.807, 2.05) is 13.8 Å². The van der Waals surface area contributed by atoms with Gasteiger partial charge in [0.05, 0.1) is 16.1 Å². The highest BCUT2D eigenvalue weighted by molar-refractivity contribution is 7.92. The van der Waals surface area contributed by atoms with E-state index in [1.165, 1.54) is 12.1 Å². The zero-order valence-electron chi connectivity index (χ0n) is 12.8. The maximum Gasteiger partial charge on any atom is 0.264 e. The Morgan fingerprint density at radius 3 is 2.30 bits per heavy atom. The summed E-state index contributed by atoms with van der Waals surface area (Å²) in [6.45, 7) is 3.52. The fourth-order valence-electron chi connectivity index (χ4n) is 2.77. The maximum atomic E-state index is 12.9. The Kier molecular flexibility index (Phi) is 3.60. The number of nitro groups is 1. The molecule has 0 radical (unpaired) electrons. The first-order valence-electron chi connectivity index (χ1n) is 7.14. The molecule has 0 saturated carbocycles. The summed E-state index contributed by atoms with van der Waals surface area (Å²) >= 11 is 0. The standard InChI is InChI=1S/C16H16N2O4S/c1-11-3-6-13(7-4-11)23(21,22)17-10-16(18(19)20)14-9-12(2)5-8-15(14)17/h3-9,16H,10H2,1-2H3. The number of rotatable bonds is 3. The minimum absolute atomic E-state index is 0.138. The molecule has 2 aromatic rings. The van der Waals surface area contributed by atoms with Crippen LogP contribution in [0.3, 0.4) is 0 Å². The van der Waals surface area contributed by atoms with Gasteiger partial charge in [0, 0.05) is 4.92 Å². The van der Waals surface area contributed by atoms with Crippen LogP contribution < -0.4 is 4.31 Å². The van der Waals surface area contributed by atoms with Crippen LogP contribution in [0.1, 0.15) is 22.7 Å². The van der Waals surface area contributed by atoms with Crippen LogP contribution in [0.15, 0.2) is 47.4 Å². The minimum Gasteiger partial charge on any atom is -0.264 e. The quantitative estimate of drug-likeness (QED) is 0.639. The maximum absolute atomic E-state index is 12.9. The Morgan fingerprint density at radius 2 is 1.70 bits per heavy atom. The first kappa shape index (κ1) is 15.5. The average Bonchev–Trinajstić information content (AvgIpc) is 2.87. The summed E-state index contributed by atoms with van der Waals surface area (Å²) in [5, 5.41) is 11.3. The molecule has 0 spiro atoms. The molecule has 0 N–H and O–H groups in total. The normalized spacial score (nSPS) is 17.1. The molecule has 1 atom stereocenters. The Hall–Kier alpha value is -2.41. The van der Waals surface area contributed by atoms with Gasteiger partial charge in [-0.05, 0) is 38.1 Å². The summed E-state index contributed by atoms with van der Waals surface area (Å²) in [7, 11) is -3.82. The predicted molar refractivity (Wildman–Crippen MR) is 86.6 cm³/mol. The highest BCUT2D eigenvalue weighted by Gasteiger charge is 2.42. The van der Waals surface area contributed by atoms with Gasteiger partial charge >= 0.3 is 0 Å². The summed E-state index contributed by atoms with van der Waals surface area (Å²) in [6, 6.07) is 10.5. The van der Waals surface area contributed by atoms with Crippen molar-refractivity contribution in [2.24, 2.45) is 0 Å². The summed E-state index contributed by atoms with van der Waals surface area (Å²) in [5.41, 5.74) is 2.65. The number of nitrogens with zero attached hydrogens (tertiary/aromatic N) is 2. The predicted octanol–water partition coefficient (Wildman–Crippen LogP) is 2.83. The number of benzene rings is 2. The topological polar surface area (TPSA) is 80.5 Å². The van der Waals surface area contributed by atoms with Crippen molar-refractivity contribution in [2.75, 3.05) is 10.8 Å². The van der Waals surface area contributed by atoms with Crippen LogP contribution in [-0.2, 0) is 10.0 Å². The molecule has 1 heterocycles. The Bertz CT molecular complexity index is 875. The number of aryl methyl sites for hydroxylation is 2. The summed E-state index contributed by atoms with van der Waals surface area (Å²) in [6.07, 6.45) is 0. The Labute approximate surface area is 134 Å². The summed E-state index contributed by atoms with van der Waals surface area (Å²) in [5.74, 6) is 0. The van der Waals surface area contributed by atoms with Crippen molar-refractivity contribution in [3.8, 4) is 0 Å². The van der Waals surface area contributed by atoms with Crippen molar-refractivity contribution >= 4 is 15.7 Å². The number of hydrogen-bond acceptors (Lipinski definition) is 4. The van der Waals surface area contributed by atoms with E-state index >= 15 is 0 Å². The Morgan fingerprint density at radius 1 is 1.09 bits per heavy atom. The van der Waals surface area contributed by atoms with Crippen LogP contribution >= 0.6 is 0 Å². The third-order valence-corrected chi connectivity index (χ3v) is 5.81. The van der Waals surface area contributed by atoms with Crippen LogP contribution in [0.5, 0.6) is 0 Å². The average molecular weight is 332 g/mol. The molecule has 0 bridgehead atoms. The second-order valence-electron chi connectivity index (χ2n) is 5.71. The van der Waals surface area contributed by atoms with Crippen LogP contribution in [0.25, 0.3) is 0 Å². The fourth-order valence-corrected chi connectivity index (χ4v) is 4.26. The molecule has 2 aromatic carbocycles. The van der Waals surface area contributed by atoms with Crippen molar-refractivity contribution in [3.05, 3.63) is 69.3 Å². The van der Waals surface area contributed by atoms with E-state index in [0.29, 0.717) is 11.3 Å². The second kappa shape index (κ2) is 5.34. The Balaban J connectivity index is 2.11. The fraction of sp³-hybridized carbons (Fsp3) is 0.250. The van der Waals surface area contributed by atoms with Crippen LogP contribution in [-0.4, -0.2) is 19.9 Å². The SMILES string of the molecule is Cc1ccc(S(=O)(=O)N2CC([N+](=O)[O-])c3cc(C)ccc32)cc1. The van der Waals surface area contributed by atoms with Gasteiger partial charge in [0.25, 0.3) is 16.1 Å². The van der Waals surface area contributed by atoms with Gasteiger partial charge in [-0.3, -0.25) is 14.4 Å². The molecule has 1 aliphatic rings. The van der Waals surface area contributed by atoms with Gasteiger partial charge in [0.15, 0.2) is 0 Å². The molecule has 7 heteroatoms. The third-order valence-electron chi connectivity index (χ3n) is 4.01. The van der Waals surface area contributed by atoms with E-state index in [1.54, 1.807) is 30.3 Å². The van der Waals surface area contributed by atoms with Crippen LogP contribution in [0.4, 0.5) is 5.69 Å². The molecule has 23 heavy (non-hydrogen) atoms. The van der Waals surface area contributed by atoms with Crippen molar-refractivity contribution in [2.45, 2.75) is 24.8 Å². The van der Waals surface area contributed by atoms with E-state index in [4.69, 9.17) is 0 Å².